The van der Waals surface area contributed by atoms with E-state index in [0.717, 1.165) is 36.6 Å². The Morgan fingerprint density at radius 2 is 1.93 bits per heavy atom. The highest BCUT2D eigenvalue weighted by atomic mass is 35.5. The number of H-pyrrole nitrogens is 1. The second-order valence-corrected chi connectivity index (χ2v) is 7.09. The Balaban J connectivity index is 1.45. The summed E-state index contributed by atoms with van der Waals surface area (Å²) in [6.07, 6.45) is 2.00. The molecule has 2 heterocycles. The standard InChI is InChI=1S/C19H18ClFN4O2/c20-14-1-3-16-13(11-22-17(16)9-14)12-23-5-7-24(8-6-23)18-4-2-15(21)10-19(18)25(26)27/h1-4,9-11,22H,5-8,12H2. The Bertz CT molecular complexity index is 999. The van der Waals surface area contributed by atoms with E-state index in [1.807, 2.05) is 29.3 Å². The van der Waals surface area contributed by atoms with Gasteiger partial charge < -0.3 is 9.88 Å². The molecule has 27 heavy (non-hydrogen) atoms. The van der Waals surface area contributed by atoms with Gasteiger partial charge in [-0.15, -0.1) is 0 Å². The molecule has 1 aliphatic heterocycles. The van der Waals surface area contributed by atoms with Gasteiger partial charge in [0.1, 0.15) is 11.5 Å². The van der Waals surface area contributed by atoms with E-state index in [-0.39, 0.29) is 5.69 Å². The summed E-state index contributed by atoms with van der Waals surface area (Å²) in [5.74, 6) is -0.594. The number of nitro benzene ring substituents is 1. The molecule has 1 aromatic heterocycles. The summed E-state index contributed by atoms with van der Waals surface area (Å²) in [5, 5.41) is 13.1. The molecule has 1 saturated heterocycles. The number of piperazine rings is 1. The zero-order chi connectivity index (χ0) is 19.0. The van der Waals surface area contributed by atoms with Crippen molar-refractivity contribution in [2.45, 2.75) is 6.54 Å². The Morgan fingerprint density at radius 3 is 2.67 bits per heavy atom. The van der Waals surface area contributed by atoms with Crippen molar-refractivity contribution in [3.63, 3.8) is 0 Å². The molecule has 0 amide bonds. The number of aromatic nitrogens is 1. The van der Waals surface area contributed by atoms with Crippen molar-refractivity contribution in [2.24, 2.45) is 0 Å². The fraction of sp³-hybridized carbons (Fsp3) is 0.263. The van der Waals surface area contributed by atoms with Gasteiger partial charge in [-0.1, -0.05) is 17.7 Å². The number of fused-ring (bicyclic) bond motifs is 1. The first-order valence-corrected chi connectivity index (χ1v) is 9.06. The molecule has 2 aromatic carbocycles. The second kappa shape index (κ2) is 7.17. The van der Waals surface area contributed by atoms with Gasteiger partial charge in [0.2, 0.25) is 0 Å². The summed E-state index contributed by atoms with van der Waals surface area (Å²) >= 11 is 6.03. The average molecular weight is 389 g/mol. The van der Waals surface area contributed by atoms with Gasteiger partial charge in [-0.2, -0.15) is 0 Å². The van der Waals surface area contributed by atoms with Crippen molar-refractivity contribution in [3.8, 4) is 0 Å². The summed E-state index contributed by atoms with van der Waals surface area (Å²) < 4.78 is 13.4. The molecule has 0 radical (unpaired) electrons. The topological polar surface area (TPSA) is 65.4 Å². The lowest BCUT2D eigenvalue weighted by Crippen LogP contribution is -2.46. The Kier molecular flexibility index (Phi) is 4.72. The number of aromatic amines is 1. The molecule has 1 N–H and O–H groups in total. The number of anilines is 1. The Hall–Kier alpha value is -2.64. The van der Waals surface area contributed by atoms with Gasteiger partial charge in [-0.3, -0.25) is 15.0 Å². The van der Waals surface area contributed by atoms with Gasteiger partial charge in [0.15, 0.2) is 0 Å². The molecule has 0 saturated carbocycles. The largest absolute Gasteiger partial charge is 0.363 e. The predicted molar refractivity (Wildman–Crippen MR) is 104 cm³/mol. The summed E-state index contributed by atoms with van der Waals surface area (Å²) in [6, 6.07) is 9.55. The van der Waals surface area contributed by atoms with E-state index in [9.17, 15) is 14.5 Å². The lowest BCUT2D eigenvalue weighted by molar-refractivity contribution is -0.384. The summed E-state index contributed by atoms with van der Waals surface area (Å²) in [4.78, 5) is 18.2. The van der Waals surface area contributed by atoms with Crippen LogP contribution in [-0.2, 0) is 6.54 Å². The number of halogens is 2. The van der Waals surface area contributed by atoms with Crippen LogP contribution in [0.3, 0.4) is 0 Å². The third-order valence-corrected chi connectivity index (χ3v) is 5.21. The van der Waals surface area contributed by atoms with Gasteiger partial charge in [0.05, 0.1) is 11.0 Å². The fourth-order valence-electron chi connectivity index (χ4n) is 3.59. The monoisotopic (exact) mass is 388 g/mol. The molecule has 6 nitrogen and oxygen atoms in total. The Labute approximate surface area is 160 Å². The minimum absolute atomic E-state index is 0.183. The lowest BCUT2D eigenvalue weighted by Gasteiger charge is -2.35. The van der Waals surface area contributed by atoms with E-state index in [1.165, 1.54) is 17.7 Å². The van der Waals surface area contributed by atoms with Gasteiger partial charge in [-0.25, -0.2) is 4.39 Å². The molecule has 0 bridgehead atoms. The third-order valence-electron chi connectivity index (χ3n) is 4.97. The lowest BCUT2D eigenvalue weighted by atomic mass is 10.1. The number of nitro groups is 1. The van der Waals surface area contributed by atoms with Crippen molar-refractivity contribution >= 4 is 33.9 Å². The van der Waals surface area contributed by atoms with Crippen LogP contribution in [-0.4, -0.2) is 41.0 Å². The van der Waals surface area contributed by atoms with E-state index in [2.05, 4.69) is 9.88 Å². The molecule has 4 rings (SSSR count). The number of nitrogens with zero attached hydrogens (tertiary/aromatic N) is 3. The molecular formula is C19H18ClFN4O2. The van der Waals surface area contributed by atoms with Crippen LogP contribution in [0.15, 0.2) is 42.6 Å². The van der Waals surface area contributed by atoms with Crippen LogP contribution >= 0.6 is 11.6 Å². The van der Waals surface area contributed by atoms with Crippen molar-refractivity contribution in [1.82, 2.24) is 9.88 Å². The van der Waals surface area contributed by atoms with Crippen LogP contribution < -0.4 is 4.90 Å². The maximum Gasteiger partial charge on any atom is 0.295 e. The van der Waals surface area contributed by atoms with E-state index in [4.69, 9.17) is 11.6 Å². The summed E-state index contributed by atoms with van der Waals surface area (Å²) in [7, 11) is 0. The molecule has 0 unspecified atom stereocenters. The first-order valence-electron chi connectivity index (χ1n) is 8.68. The smallest absolute Gasteiger partial charge is 0.295 e. The predicted octanol–water partition coefficient (Wildman–Crippen LogP) is 4.19. The van der Waals surface area contributed by atoms with Crippen LogP contribution in [0.2, 0.25) is 5.02 Å². The molecule has 1 fully saturated rings. The minimum atomic E-state index is -0.594. The molecule has 1 aliphatic rings. The summed E-state index contributed by atoms with van der Waals surface area (Å²) in [6.45, 7) is 3.64. The third kappa shape index (κ3) is 3.61. The molecule has 0 spiro atoms. The zero-order valence-corrected chi connectivity index (χ0v) is 15.2. The van der Waals surface area contributed by atoms with E-state index in [0.29, 0.717) is 23.8 Å². The van der Waals surface area contributed by atoms with E-state index < -0.39 is 10.7 Å². The van der Waals surface area contributed by atoms with Crippen LogP contribution in [0.1, 0.15) is 5.56 Å². The van der Waals surface area contributed by atoms with Gasteiger partial charge >= 0.3 is 0 Å². The van der Waals surface area contributed by atoms with Crippen molar-refractivity contribution in [2.75, 3.05) is 31.1 Å². The van der Waals surface area contributed by atoms with E-state index >= 15 is 0 Å². The van der Waals surface area contributed by atoms with Crippen molar-refractivity contribution < 1.29 is 9.31 Å². The molecule has 3 aromatic rings. The van der Waals surface area contributed by atoms with Crippen LogP contribution in [0.25, 0.3) is 10.9 Å². The van der Waals surface area contributed by atoms with Crippen LogP contribution in [0, 0.1) is 15.9 Å². The maximum absolute atomic E-state index is 13.4. The molecular weight excluding hydrogens is 371 g/mol. The highest BCUT2D eigenvalue weighted by molar-refractivity contribution is 6.31. The molecule has 140 valence electrons. The second-order valence-electron chi connectivity index (χ2n) is 6.66. The zero-order valence-electron chi connectivity index (χ0n) is 14.5. The Morgan fingerprint density at radius 1 is 1.15 bits per heavy atom. The van der Waals surface area contributed by atoms with Crippen LogP contribution in [0.5, 0.6) is 0 Å². The average Bonchev–Trinajstić information content (AvgIpc) is 3.04. The highest BCUT2D eigenvalue weighted by Crippen LogP contribution is 2.30. The first-order chi connectivity index (χ1) is 13.0. The number of nitrogens with one attached hydrogen (secondary N) is 1. The first kappa shape index (κ1) is 17.8. The van der Waals surface area contributed by atoms with Gasteiger partial charge in [-0.05, 0) is 29.8 Å². The van der Waals surface area contributed by atoms with Crippen LogP contribution in [0.4, 0.5) is 15.8 Å². The highest BCUT2D eigenvalue weighted by Gasteiger charge is 2.24. The van der Waals surface area contributed by atoms with Crippen molar-refractivity contribution in [3.05, 3.63) is 69.1 Å². The number of rotatable bonds is 4. The summed E-state index contributed by atoms with van der Waals surface area (Å²) in [5.41, 5.74) is 2.50. The quantitative estimate of drug-likeness (QED) is 0.537. The number of benzene rings is 2. The van der Waals surface area contributed by atoms with Gasteiger partial charge in [0, 0.05) is 54.8 Å². The SMILES string of the molecule is O=[N+]([O-])c1cc(F)ccc1N1CCN(Cc2c[nH]c3cc(Cl)ccc23)CC1. The molecule has 8 heteroatoms. The maximum atomic E-state index is 13.4. The molecule has 0 atom stereocenters. The van der Waals surface area contributed by atoms with Gasteiger partial charge in [0.25, 0.3) is 5.69 Å². The van der Waals surface area contributed by atoms with Crippen molar-refractivity contribution in [1.29, 1.82) is 0 Å². The number of hydrogen-bond acceptors (Lipinski definition) is 4. The molecule has 0 aliphatic carbocycles. The minimum Gasteiger partial charge on any atom is -0.363 e. The fourth-order valence-corrected chi connectivity index (χ4v) is 3.76. The normalized spacial score (nSPS) is 15.4. The number of hydrogen-bond donors (Lipinski definition) is 1. The van der Waals surface area contributed by atoms with E-state index in [1.54, 1.807) is 0 Å².